The van der Waals surface area contributed by atoms with Crippen molar-refractivity contribution in [2.75, 3.05) is 34.1 Å². The molecule has 9 nitrogen and oxygen atoms in total. The SMILES string of the molecule is CC(C)Nc1cc(N2C3CCC2COC3)nc(-c2ccc(NC(=O)Nc3ccncc3)cc2)n1. The minimum absolute atomic E-state index is 0.252. The second-order valence-corrected chi connectivity index (χ2v) is 8.96. The van der Waals surface area contributed by atoms with Crippen LogP contribution in [0, 0.1) is 0 Å². The Morgan fingerprint density at radius 2 is 1.62 bits per heavy atom. The van der Waals surface area contributed by atoms with Crippen LogP contribution in [-0.4, -0.2) is 52.3 Å². The van der Waals surface area contributed by atoms with Crippen LogP contribution in [0.1, 0.15) is 26.7 Å². The molecule has 0 saturated carbocycles. The summed E-state index contributed by atoms with van der Waals surface area (Å²) in [5.41, 5.74) is 2.24. The van der Waals surface area contributed by atoms with Crippen LogP contribution in [0.4, 0.5) is 27.8 Å². The van der Waals surface area contributed by atoms with E-state index in [2.05, 4.69) is 39.7 Å². The number of hydrogen-bond acceptors (Lipinski definition) is 7. The van der Waals surface area contributed by atoms with Gasteiger partial charge in [0.25, 0.3) is 0 Å². The van der Waals surface area contributed by atoms with Crippen molar-refractivity contribution in [1.29, 1.82) is 0 Å². The largest absolute Gasteiger partial charge is 0.377 e. The first-order valence-corrected chi connectivity index (χ1v) is 11.7. The van der Waals surface area contributed by atoms with Crippen LogP contribution in [-0.2, 0) is 4.74 Å². The van der Waals surface area contributed by atoms with E-state index in [-0.39, 0.29) is 12.1 Å². The maximum atomic E-state index is 12.3. The van der Waals surface area contributed by atoms with Crippen LogP contribution in [0.15, 0.2) is 54.9 Å². The van der Waals surface area contributed by atoms with Crippen LogP contribution in [0.3, 0.4) is 0 Å². The number of carbonyl (C=O) groups excluding carboxylic acids is 1. The molecule has 5 rings (SSSR count). The number of aromatic nitrogens is 3. The zero-order valence-electron chi connectivity index (χ0n) is 19.4. The van der Waals surface area contributed by atoms with Gasteiger partial charge < -0.3 is 25.6 Å². The van der Waals surface area contributed by atoms with Crippen molar-refractivity contribution < 1.29 is 9.53 Å². The number of rotatable bonds is 6. The first-order valence-electron chi connectivity index (χ1n) is 11.7. The number of urea groups is 1. The lowest BCUT2D eigenvalue weighted by molar-refractivity contribution is 0.0902. The summed E-state index contributed by atoms with van der Waals surface area (Å²) in [6.45, 7) is 5.67. The highest BCUT2D eigenvalue weighted by atomic mass is 16.5. The lowest BCUT2D eigenvalue weighted by Crippen LogP contribution is -2.46. The van der Waals surface area contributed by atoms with Crippen molar-refractivity contribution in [1.82, 2.24) is 15.0 Å². The van der Waals surface area contributed by atoms with E-state index in [1.165, 1.54) is 0 Å². The lowest BCUT2D eigenvalue weighted by Gasteiger charge is -2.36. The maximum absolute atomic E-state index is 12.3. The number of morpholine rings is 1. The highest BCUT2D eigenvalue weighted by Gasteiger charge is 2.38. The number of nitrogens with zero attached hydrogens (tertiary/aromatic N) is 4. The predicted octanol–water partition coefficient (Wildman–Crippen LogP) is 4.37. The van der Waals surface area contributed by atoms with Gasteiger partial charge in [-0.1, -0.05) is 0 Å². The van der Waals surface area contributed by atoms with E-state index in [4.69, 9.17) is 14.7 Å². The Kier molecular flexibility index (Phi) is 6.27. The van der Waals surface area contributed by atoms with Gasteiger partial charge in [-0.3, -0.25) is 4.98 Å². The number of fused-ring (bicyclic) bond motifs is 2. The molecule has 4 heterocycles. The Morgan fingerprint density at radius 1 is 0.971 bits per heavy atom. The third kappa shape index (κ3) is 4.94. The highest BCUT2D eigenvalue weighted by molar-refractivity contribution is 5.99. The standard InChI is InChI=1S/C25H29N7O2/c1-16(2)27-22-13-23(32-20-7-8-21(32)15-34-14-20)31-24(30-22)17-3-5-18(6-4-17)28-25(33)29-19-9-11-26-12-10-19/h3-6,9-13,16,20-21H,7-8,14-15H2,1-2H3,(H,27,30,31)(H2,26,28,29,33). The van der Waals surface area contributed by atoms with Crippen LogP contribution >= 0.6 is 0 Å². The Morgan fingerprint density at radius 3 is 2.26 bits per heavy atom. The van der Waals surface area contributed by atoms with Gasteiger partial charge in [0.15, 0.2) is 5.82 Å². The first kappa shape index (κ1) is 22.1. The average molecular weight is 460 g/mol. The number of hydrogen-bond donors (Lipinski definition) is 3. The second-order valence-electron chi connectivity index (χ2n) is 8.96. The number of nitrogens with one attached hydrogen (secondary N) is 3. The van der Waals surface area contributed by atoms with Crippen molar-refractivity contribution in [3.05, 3.63) is 54.9 Å². The second kappa shape index (κ2) is 9.64. The molecule has 9 heteroatoms. The summed E-state index contributed by atoms with van der Waals surface area (Å²) in [7, 11) is 0. The molecule has 3 aromatic rings. The summed E-state index contributed by atoms with van der Waals surface area (Å²) >= 11 is 0. The quantitative estimate of drug-likeness (QED) is 0.503. The molecular formula is C25H29N7O2. The van der Waals surface area contributed by atoms with Crippen LogP contribution in [0.25, 0.3) is 11.4 Å². The molecule has 0 spiro atoms. The monoisotopic (exact) mass is 459 g/mol. The fourth-order valence-corrected chi connectivity index (χ4v) is 4.50. The molecular weight excluding hydrogens is 430 g/mol. The molecule has 2 fully saturated rings. The average Bonchev–Trinajstić information content (AvgIpc) is 3.08. The normalized spacial score (nSPS) is 19.2. The van der Waals surface area contributed by atoms with E-state index in [1.807, 2.05) is 30.3 Å². The molecule has 2 aliphatic heterocycles. The van der Waals surface area contributed by atoms with Crippen LogP contribution in [0.5, 0.6) is 0 Å². The molecule has 2 unspecified atom stereocenters. The van der Waals surface area contributed by atoms with Crippen molar-refractivity contribution in [3.63, 3.8) is 0 Å². The van der Waals surface area contributed by atoms with Gasteiger partial charge in [0.2, 0.25) is 0 Å². The van der Waals surface area contributed by atoms with Gasteiger partial charge in [0.05, 0.1) is 25.3 Å². The Labute approximate surface area is 199 Å². The molecule has 2 aromatic heterocycles. The summed E-state index contributed by atoms with van der Waals surface area (Å²) in [6.07, 6.45) is 5.50. The van der Waals surface area contributed by atoms with E-state index >= 15 is 0 Å². The topological polar surface area (TPSA) is 104 Å². The zero-order chi connectivity index (χ0) is 23.5. The van der Waals surface area contributed by atoms with Crippen molar-refractivity contribution in [3.8, 4) is 11.4 Å². The van der Waals surface area contributed by atoms with Gasteiger partial charge >= 0.3 is 6.03 Å². The third-order valence-electron chi connectivity index (χ3n) is 5.99. The fourth-order valence-electron chi connectivity index (χ4n) is 4.50. The number of benzene rings is 1. The number of carbonyl (C=O) groups is 1. The molecule has 176 valence electrons. The fraction of sp³-hybridized carbons (Fsp3) is 0.360. The van der Waals surface area contributed by atoms with Crippen LogP contribution < -0.4 is 20.9 Å². The highest BCUT2D eigenvalue weighted by Crippen LogP contribution is 2.35. The molecule has 1 aromatic carbocycles. The molecule has 2 amide bonds. The number of ether oxygens (including phenoxy) is 1. The van der Waals surface area contributed by atoms with Gasteiger partial charge in [-0.05, 0) is 63.1 Å². The van der Waals surface area contributed by atoms with Crippen molar-refractivity contribution in [2.45, 2.75) is 44.8 Å². The van der Waals surface area contributed by atoms with E-state index in [0.717, 1.165) is 43.3 Å². The van der Waals surface area contributed by atoms with Gasteiger partial charge in [-0.15, -0.1) is 0 Å². The van der Waals surface area contributed by atoms with E-state index in [0.29, 0.717) is 29.3 Å². The number of pyridine rings is 1. The molecule has 34 heavy (non-hydrogen) atoms. The smallest absolute Gasteiger partial charge is 0.323 e. The van der Waals surface area contributed by atoms with Crippen molar-refractivity contribution >= 4 is 29.0 Å². The summed E-state index contributed by atoms with van der Waals surface area (Å²) in [4.78, 5) is 28.3. The first-order chi connectivity index (χ1) is 16.5. The Hall–Kier alpha value is -3.72. The van der Waals surface area contributed by atoms with Gasteiger partial charge in [0.1, 0.15) is 11.6 Å². The van der Waals surface area contributed by atoms with Gasteiger partial charge in [-0.25, -0.2) is 14.8 Å². The Balaban J connectivity index is 1.36. The molecule has 2 bridgehead atoms. The molecule has 2 saturated heterocycles. The summed E-state index contributed by atoms with van der Waals surface area (Å²) in [5.74, 6) is 2.39. The summed E-state index contributed by atoms with van der Waals surface area (Å²) in [5, 5.41) is 9.05. The van der Waals surface area contributed by atoms with Crippen LogP contribution in [0.2, 0.25) is 0 Å². The van der Waals surface area contributed by atoms with E-state index in [1.54, 1.807) is 24.5 Å². The Bertz CT molecular complexity index is 1120. The molecule has 0 aliphatic carbocycles. The van der Waals surface area contributed by atoms with E-state index in [9.17, 15) is 4.79 Å². The zero-order valence-corrected chi connectivity index (χ0v) is 19.4. The minimum Gasteiger partial charge on any atom is -0.377 e. The van der Waals surface area contributed by atoms with Gasteiger partial charge in [0, 0.05) is 41.4 Å². The van der Waals surface area contributed by atoms with E-state index < -0.39 is 0 Å². The summed E-state index contributed by atoms with van der Waals surface area (Å²) < 4.78 is 5.76. The number of amides is 2. The minimum atomic E-state index is -0.316. The molecule has 3 N–H and O–H groups in total. The maximum Gasteiger partial charge on any atom is 0.323 e. The third-order valence-corrected chi connectivity index (χ3v) is 5.99. The lowest BCUT2D eigenvalue weighted by atomic mass is 10.2. The molecule has 2 aliphatic rings. The molecule has 2 atom stereocenters. The molecule has 0 radical (unpaired) electrons. The van der Waals surface area contributed by atoms with Gasteiger partial charge in [-0.2, -0.15) is 0 Å². The predicted molar refractivity (Wildman–Crippen MR) is 133 cm³/mol. The van der Waals surface area contributed by atoms with Crippen molar-refractivity contribution in [2.24, 2.45) is 0 Å². The number of anilines is 4. The summed E-state index contributed by atoms with van der Waals surface area (Å²) in [6, 6.07) is 13.7.